The lowest BCUT2D eigenvalue weighted by Gasteiger charge is -2.03. The molecule has 0 saturated heterocycles. The van der Waals surface area contributed by atoms with Gasteiger partial charge in [0.25, 0.3) is 0 Å². The SMILES string of the molecule is Cn1cnnc1Sc1cc(Br)ccc1C#N. The average molecular weight is 295 g/mol. The molecule has 0 spiro atoms. The zero-order valence-electron chi connectivity index (χ0n) is 8.38. The summed E-state index contributed by atoms with van der Waals surface area (Å²) in [6, 6.07) is 7.68. The molecule has 0 unspecified atom stereocenters. The third-order valence-corrected chi connectivity index (χ3v) is 3.54. The molecule has 0 amide bonds. The lowest BCUT2D eigenvalue weighted by atomic mass is 10.2. The highest BCUT2D eigenvalue weighted by Gasteiger charge is 2.08. The van der Waals surface area contributed by atoms with E-state index in [1.54, 1.807) is 12.4 Å². The Balaban J connectivity index is 2.38. The minimum Gasteiger partial charge on any atom is -0.311 e. The van der Waals surface area contributed by atoms with Crippen molar-refractivity contribution in [3.8, 4) is 6.07 Å². The van der Waals surface area contributed by atoms with Crippen molar-refractivity contribution in [3.05, 3.63) is 34.6 Å². The van der Waals surface area contributed by atoms with E-state index in [2.05, 4.69) is 32.2 Å². The first-order valence-corrected chi connectivity index (χ1v) is 6.03. The number of benzene rings is 1. The molecule has 0 fully saturated rings. The normalized spacial score (nSPS) is 10.1. The van der Waals surface area contributed by atoms with E-state index >= 15 is 0 Å². The van der Waals surface area contributed by atoms with E-state index in [9.17, 15) is 0 Å². The summed E-state index contributed by atoms with van der Waals surface area (Å²) in [6.07, 6.45) is 1.63. The summed E-state index contributed by atoms with van der Waals surface area (Å²) in [6.45, 7) is 0. The molecule has 0 aliphatic carbocycles. The minimum absolute atomic E-state index is 0.635. The van der Waals surface area contributed by atoms with Crippen molar-refractivity contribution < 1.29 is 0 Å². The Morgan fingerprint density at radius 2 is 2.31 bits per heavy atom. The Labute approximate surface area is 105 Å². The number of nitrogens with zero attached hydrogens (tertiary/aromatic N) is 4. The van der Waals surface area contributed by atoms with Gasteiger partial charge in [0.15, 0.2) is 5.16 Å². The largest absolute Gasteiger partial charge is 0.311 e. The number of aryl methyl sites for hydroxylation is 1. The highest BCUT2D eigenvalue weighted by molar-refractivity contribution is 9.10. The van der Waals surface area contributed by atoms with Crippen LogP contribution in [0.25, 0.3) is 0 Å². The third-order valence-electron chi connectivity index (χ3n) is 1.94. The average Bonchev–Trinajstić information content (AvgIpc) is 2.65. The van der Waals surface area contributed by atoms with Crippen LogP contribution in [-0.4, -0.2) is 14.8 Å². The lowest BCUT2D eigenvalue weighted by molar-refractivity contribution is 0.788. The number of rotatable bonds is 2. The predicted molar refractivity (Wildman–Crippen MR) is 64.0 cm³/mol. The molecule has 0 aliphatic heterocycles. The molecule has 80 valence electrons. The van der Waals surface area contributed by atoms with E-state index in [0.29, 0.717) is 5.56 Å². The van der Waals surface area contributed by atoms with Gasteiger partial charge in [-0.1, -0.05) is 15.9 Å². The summed E-state index contributed by atoms with van der Waals surface area (Å²) >= 11 is 4.81. The van der Waals surface area contributed by atoms with Gasteiger partial charge < -0.3 is 4.57 Å². The molecule has 0 bridgehead atoms. The van der Waals surface area contributed by atoms with Crippen LogP contribution in [-0.2, 0) is 7.05 Å². The Bertz CT molecular complexity index is 558. The topological polar surface area (TPSA) is 54.5 Å². The Hall–Kier alpha value is -1.32. The first-order valence-electron chi connectivity index (χ1n) is 4.42. The van der Waals surface area contributed by atoms with Crippen LogP contribution in [0.2, 0.25) is 0 Å². The number of aromatic nitrogens is 3. The molecule has 16 heavy (non-hydrogen) atoms. The molecule has 0 N–H and O–H groups in total. The van der Waals surface area contributed by atoms with Crippen LogP contribution in [0.3, 0.4) is 0 Å². The molecule has 1 aromatic carbocycles. The quantitative estimate of drug-likeness (QED) is 0.854. The van der Waals surface area contributed by atoms with Crippen molar-refractivity contribution in [3.63, 3.8) is 0 Å². The van der Waals surface area contributed by atoms with Crippen molar-refractivity contribution in [1.82, 2.24) is 14.8 Å². The highest BCUT2D eigenvalue weighted by atomic mass is 79.9. The van der Waals surface area contributed by atoms with Crippen LogP contribution in [0.15, 0.2) is 39.1 Å². The van der Waals surface area contributed by atoms with E-state index in [1.807, 2.05) is 23.7 Å². The maximum atomic E-state index is 8.99. The van der Waals surface area contributed by atoms with Crippen LogP contribution < -0.4 is 0 Å². The molecule has 2 rings (SSSR count). The Morgan fingerprint density at radius 3 is 2.94 bits per heavy atom. The molecule has 2 aromatic rings. The summed E-state index contributed by atoms with van der Waals surface area (Å²) in [5.41, 5.74) is 0.635. The van der Waals surface area contributed by atoms with Crippen LogP contribution >= 0.6 is 27.7 Å². The second-order valence-electron chi connectivity index (χ2n) is 3.08. The molecular formula is C10H7BrN4S. The van der Waals surface area contributed by atoms with Crippen molar-refractivity contribution in [2.75, 3.05) is 0 Å². The summed E-state index contributed by atoms with van der Waals surface area (Å²) in [7, 11) is 1.87. The summed E-state index contributed by atoms with van der Waals surface area (Å²) in [5.74, 6) is 0. The van der Waals surface area contributed by atoms with Crippen LogP contribution in [0.5, 0.6) is 0 Å². The smallest absolute Gasteiger partial charge is 0.195 e. The van der Waals surface area contributed by atoms with Crippen molar-refractivity contribution in [2.24, 2.45) is 7.05 Å². The zero-order valence-corrected chi connectivity index (χ0v) is 10.8. The van der Waals surface area contributed by atoms with Gasteiger partial charge in [-0.2, -0.15) is 5.26 Å². The van der Waals surface area contributed by atoms with Crippen LogP contribution in [0.4, 0.5) is 0 Å². The molecule has 1 heterocycles. The second kappa shape index (κ2) is 4.68. The summed E-state index contributed by atoms with van der Waals surface area (Å²) < 4.78 is 2.75. The van der Waals surface area contributed by atoms with Gasteiger partial charge in [-0.25, -0.2) is 0 Å². The fourth-order valence-corrected chi connectivity index (χ4v) is 2.53. The zero-order chi connectivity index (χ0) is 11.5. The molecule has 1 aromatic heterocycles. The maximum Gasteiger partial charge on any atom is 0.195 e. The van der Waals surface area contributed by atoms with Gasteiger partial charge in [-0.3, -0.25) is 0 Å². The lowest BCUT2D eigenvalue weighted by Crippen LogP contribution is -1.90. The molecule has 0 atom stereocenters. The van der Waals surface area contributed by atoms with E-state index in [0.717, 1.165) is 14.5 Å². The first kappa shape index (κ1) is 11.2. The van der Waals surface area contributed by atoms with Crippen LogP contribution in [0.1, 0.15) is 5.56 Å². The number of hydrogen-bond donors (Lipinski definition) is 0. The van der Waals surface area contributed by atoms with Gasteiger partial charge in [-0.15, -0.1) is 10.2 Å². The maximum absolute atomic E-state index is 8.99. The van der Waals surface area contributed by atoms with Gasteiger partial charge in [0.2, 0.25) is 0 Å². The van der Waals surface area contributed by atoms with E-state index in [1.165, 1.54) is 11.8 Å². The Morgan fingerprint density at radius 1 is 1.50 bits per heavy atom. The molecule has 4 nitrogen and oxygen atoms in total. The third kappa shape index (κ3) is 2.26. The molecular weight excluding hydrogens is 288 g/mol. The van der Waals surface area contributed by atoms with Crippen molar-refractivity contribution in [1.29, 1.82) is 5.26 Å². The summed E-state index contributed by atoms with van der Waals surface area (Å²) in [5, 5.41) is 17.5. The van der Waals surface area contributed by atoms with Gasteiger partial charge in [0, 0.05) is 16.4 Å². The van der Waals surface area contributed by atoms with Gasteiger partial charge in [0.1, 0.15) is 12.4 Å². The monoisotopic (exact) mass is 294 g/mol. The van der Waals surface area contributed by atoms with Crippen LogP contribution in [0, 0.1) is 11.3 Å². The van der Waals surface area contributed by atoms with Gasteiger partial charge in [0.05, 0.1) is 5.56 Å². The Kier molecular flexibility index (Phi) is 3.27. The molecule has 6 heteroatoms. The van der Waals surface area contributed by atoms with Gasteiger partial charge in [-0.05, 0) is 30.0 Å². The van der Waals surface area contributed by atoms with Gasteiger partial charge >= 0.3 is 0 Å². The fraction of sp³-hybridized carbons (Fsp3) is 0.100. The standard InChI is InChI=1S/C10H7BrN4S/c1-15-6-13-14-10(15)16-9-4-8(11)3-2-7(9)5-12/h2-4,6H,1H3. The molecule has 0 radical (unpaired) electrons. The van der Waals surface area contributed by atoms with Crippen molar-refractivity contribution >= 4 is 27.7 Å². The summed E-state index contributed by atoms with van der Waals surface area (Å²) in [4.78, 5) is 0.868. The molecule has 0 saturated carbocycles. The minimum atomic E-state index is 0.635. The van der Waals surface area contributed by atoms with E-state index < -0.39 is 0 Å². The highest BCUT2D eigenvalue weighted by Crippen LogP contribution is 2.30. The van der Waals surface area contributed by atoms with Crippen molar-refractivity contribution in [2.45, 2.75) is 10.1 Å². The number of nitriles is 1. The second-order valence-corrected chi connectivity index (χ2v) is 5.00. The van der Waals surface area contributed by atoms with E-state index in [4.69, 9.17) is 5.26 Å². The number of hydrogen-bond acceptors (Lipinski definition) is 4. The predicted octanol–water partition coefficient (Wildman–Crippen LogP) is 2.60. The number of halogens is 1. The van der Waals surface area contributed by atoms with E-state index in [-0.39, 0.29) is 0 Å². The fourth-order valence-electron chi connectivity index (χ4n) is 1.14. The molecule has 0 aliphatic rings. The first-order chi connectivity index (χ1) is 7.70.